The van der Waals surface area contributed by atoms with Crippen molar-refractivity contribution >= 4 is 32.3 Å². The average molecular weight is 613 g/mol. The number of benzene rings is 8. The Morgan fingerprint density at radius 2 is 0.854 bits per heavy atom. The van der Waals surface area contributed by atoms with Crippen molar-refractivity contribution in [2.24, 2.45) is 0 Å². The van der Waals surface area contributed by atoms with Gasteiger partial charge < -0.3 is 0 Å². The lowest BCUT2D eigenvalue weighted by Gasteiger charge is -2.26. The van der Waals surface area contributed by atoms with E-state index in [0.29, 0.717) is 0 Å². The Morgan fingerprint density at radius 3 is 1.54 bits per heavy atom. The fourth-order valence-electron chi connectivity index (χ4n) is 9.37. The third-order valence-electron chi connectivity index (χ3n) is 11.6. The summed E-state index contributed by atoms with van der Waals surface area (Å²) in [4.78, 5) is 0. The highest BCUT2D eigenvalue weighted by Gasteiger charge is 2.44. The third kappa shape index (κ3) is 3.55. The van der Waals surface area contributed by atoms with Crippen molar-refractivity contribution in [2.75, 3.05) is 0 Å². The second-order valence-corrected chi connectivity index (χ2v) is 14.9. The van der Waals surface area contributed by atoms with Crippen molar-refractivity contribution in [3.05, 3.63) is 168 Å². The van der Waals surface area contributed by atoms with Crippen LogP contribution in [0.5, 0.6) is 0 Å². The molecule has 0 unspecified atom stereocenters. The van der Waals surface area contributed by atoms with E-state index in [2.05, 4.69) is 173 Å². The molecule has 0 aliphatic heterocycles. The van der Waals surface area contributed by atoms with E-state index < -0.39 is 0 Å². The maximum atomic E-state index is 2.52. The van der Waals surface area contributed by atoms with Gasteiger partial charge in [-0.1, -0.05) is 161 Å². The smallest absolute Gasteiger partial charge is 0.0165 e. The standard InChI is InChI=1S/C48H36/c1-47(2)41-25-23-32(28-39(41)45-42(47)26-24-38-33-15-11-12-20-40(33)48(3,4)46(38)45)44-36-18-9-7-16-34(36)43(35-17-8-10-19-37(35)44)31-22-21-29-13-5-6-14-30(29)27-31/h5-28H,1-4H3. The maximum absolute atomic E-state index is 2.52. The van der Waals surface area contributed by atoms with E-state index in [1.165, 1.54) is 99.1 Å². The van der Waals surface area contributed by atoms with E-state index >= 15 is 0 Å². The van der Waals surface area contributed by atoms with Gasteiger partial charge in [0.15, 0.2) is 0 Å². The van der Waals surface area contributed by atoms with Gasteiger partial charge in [0.2, 0.25) is 0 Å². The highest BCUT2D eigenvalue weighted by Crippen LogP contribution is 2.59. The molecule has 0 heterocycles. The first-order valence-electron chi connectivity index (χ1n) is 17.2. The van der Waals surface area contributed by atoms with E-state index in [4.69, 9.17) is 0 Å². The van der Waals surface area contributed by atoms with E-state index in [1.54, 1.807) is 0 Å². The second kappa shape index (κ2) is 9.55. The molecule has 8 aromatic carbocycles. The minimum atomic E-state index is -0.0775. The Hall–Kier alpha value is -5.46. The van der Waals surface area contributed by atoms with Gasteiger partial charge in [-0.25, -0.2) is 0 Å². The van der Waals surface area contributed by atoms with E-state index in [9.17, 15) is 0 Å². The maximum Gasteiger partial charge on any atom is 0.0165 e. The summed E-state index contributed by atoms with van der Waals surface area (Å²) < 4.78 is 0. The lowest BCUT2D eigenvalue weighted by Crippen LogP contribution is -2.18. The molecule has 0 nitrogen and oxygen atoms in total. The fraction of sp³-hybridized carbons (Fsp3) is 0.125. The predicted molar refractivity (Wildman–Crippen MR) is 205 cm³/mol. The summed E-state index contributed by atoms with van der Waals surface area (Å²) in [7, 11) is 0. The summed E-state index contributed by atoms with van der Waals surface area (Å²) in [5, 5.41) is 7.71. The summed E-state index contributed by atoms with van der Waals surface area (Å²) in [5.41, 5.74) is 16.4. The van der Waals surface area contributed by atoms with Crippen LogP contribution in [0.3, 0.4) is 0 Å². The Bertz CT molecular complexity index is 2610. The van der Waals surface area contributed by atoms with Gasteiger partial charge in [-0.05, 0) is 111 Å². The zero-order valence-corrected chi connectivity index (χ0v) is 27.9. The molecule has 2 aliphatic carbocycles. The van der Waals surface area contributed by atoms with Gasteiger partial charge in [0.05, 0.1) is 0 Å². The molecule has 48 heavy (non-hydrogen) atoms. The monoisotopic (exact) mass is 612 g/mol. The van der Waals surface area contributed by atoms with E-state index in [1.807, 2.05) is 0 Å². The average Bonchev–Trinajstić information content (AvgIpc) is 3.49. The molecular formula is C48H36. The SMILES string of the molecule is CC1(C)c2ccc(-c3c4ccccc4c(-c4ccc5ccccc5c4)c4ccccc34)cc2-c2c1ccc1c2C(C)(C)c2ccccc2-1. The van der Waals surface area contributed by atoms with Crippen molar-refractivity contribution < 1.29 is 0 Å². The van der Waals surface area contributed by atoms with Crippen LogP contribution in [0.15, 0.2) is 146 Å². The van der Waals surface area contributed by atoms with Crippen LogP contribution in [-0.4, -0.2) is 0 Å². The van der Waals surface area contributed by atoms with Crippen LogP contribution in [0, 0.1) is 0 Å². The molecule has 2 aliphatic rings. The zero-order chi connectivity index (χ0) is 32.4. The summed E-state index contributed by atoms with van der Waals surface area (Å²) in [6.07, 6.45) is 0. The van der Waals surface area contributed by atoms with Gasteiger partial charge in [0.1, 0.15) is 0 Å². The van der Waals surface area contributed by atoms with Crippen LogP contribution in [0.2, 0.25) is 0 Å². The van der Waals surface area contributed by atoms with Crippen molar-refractivity contribution in [3.63, 3.8) is 0 Å². The van der Waals surface area contributed by atoms with Crippen LogP contribution in [0.25, 0.3) is 76.8 Å². The Balaban J connectivity index is 1.26. The van der Waals surface area contributed by atoms with Crippen LogP contribution in [-0.2, 0) is 10.8 Å². The lowest BCUT2D eigenvalue weighted by atomic mass is 9.77. The van der Waals surface area contributed by atoms with Crippen molar-refractivity contribution in [2.45, 2.75) is 38.5 Å². The van der Waals surface area contributed by atoms with Crippen LogP contribution < -0.4 is 0 Å². The molecule has 0 radical (unpaired) electrons. The predicted octanol–water partition coefficient (Wildman–Crippen LogP) is 13.1. The summed E-state index contributed by atoms with van der Waals surface area (Å²) >= 11 is 0. The summed E-state index contributed by atoms with van der Waals surface area (Å²) in [6.45, 7) is 9.64. The molecule has 0 fully saturated rings. The molecule has 10 rings (SSSR count). The lowest BCUT2D eigenvalue weighted by molar-refractivity contribution is 0.647. The highest BCUT2D eigenvalue weighted by atomic mass is 14.5. The highest BCUT2D eigenvalue weighted by molar-refractivity contribution is 6.22. The first-order valence-corrected chi connectivity index (χ1v) is 17.2. The number of hydrogen-bond acceptors (Lipinski definition) is 0. The molecule has 0 aromatic heterocycles. The van der Waals surface area contributed by atoms with Gasteiger partial charge in [-0.2, -0.15) is 0 Å². The molecule has 0 atom stereocenters. The summed E-state index contributed by atoms with van der Waals surface area (Å²) in [5.74, 6) is 0. The minimum absolute atomic E-state index is 0.0762. The minimum Gasteiger partial charge on any atom is -0.0619 e. The number of fused-ring (bicyclic) bond motifs is 10. The molecule has 0 heteroatoms. The van der Waals surface area contributed by atoms with Gasteiger partial charge >= 0.3 is 0 Å². The fourth-order valence-corrected chi connectivity index (χ4v) is 9.37. The van der Waals surface area contributed by atoms with Crippen LogP contribution in [0.1, 0.15) is 49.9 Å². The molecular weight excluding hydrogens is 577 g/mol. The van der Waals surface area contributed by atoms with Gasteiger partial charge in [-0.15, -0.1) is 0 Å². The molecule has 0 bridgehead atoms. The molecule has 228 valence electrons. The Morgan fingerprint density at radius 1 is 0.333 bits per heavy atom. The Labute approximate surface area is 282 Å². The topological polar surface area (TPSA) is 0 Å². The third-order valence-corrected chi connectivity index (χ3v) is 11.6. The van der Waals surface area contributed by atoms with Crippen molar-refractivity contribution in [3.8, 4) is 44.5 Å². The van der Waals surface area contributed by atoms with Gasteiger partial charge in [0, 0.05) is 10.8 Å². The normalized spacial score (nSPS) is 15.0. The quantitative estimate of drug-likeness (QED) is 0.170. The Kier molecular flexibility index (Phi) is 5.50. The summed E-state index contributed by atoms with van der Waals surface area (Å²) in [6, 6.07) is 54.8. The molecule has 0 saturated heterocycles. The first kappa shape index (κ1) is 27.6. The van der Waals surface area contributed by atoms with E-state index in [-0.39, 0.29) is 10.8 Å². The van der Waals surface area contributed by atoms with Crippen LogP contribution >= 0.6 is 0 Å². The molecule has 0 N–H and O–H groups in total. The van der Waals surface area contributed by atoms with Crippen molar-refractivity contribution in [1.82, 2.24) is 0 Å². The van der Waals surface area contributed by atoms with E-state index in [0.717, 1.165) is 0 Å². The zero-order valence-electron chi connectivity index (χ0n) is 27.9. The van der Waals surface area contributed by atoms with Gasteiger partial charge in [-0.3, -0.25) is 0 Å². The number of hydrogen-bond donors (Lipinski definition) is 0. The molecule has 0 saturated carbocycles. The van der Waals surface area contributed by atoms with Crippen LogP contribution in [0.4, 0.5) is 0 Å². The van der Waals surface area contributed by atoms with Gasteiger partial charge in [0.25, 0.3) is 0 Å². The largest absolute Gasteiger partial charge is 0.0619 e. The molecule has 0 amide bonds. The molecule has 0 spiro atoms. The second-order valence-electron chi connectivity index (χ2n) is 14.9. The number of rotatable bonds is 2. The first-order chi connectivity index (χ1) is 23.3. The van der Waals surface area contributed by atoms with Crippen molar-refractivity contribution in [1.29, 1.82) is 0 Å². The molecule has 8 aromatic rings.